The Balaban J connectivity index is 2.02. The molecule has 4 rings (SSSR count). The van der Waals surface area contributed by atoms with Crippen LogP contribution >= 0.6 is 0 Å². The van der Waals surface area contributed by atoms with Gasteiger partial charge in [0.2, 0.25) is 0 Å². The lowest BCUT2D eigenvalue weighted by Gasteiger charge is -2.09. The highest BCUT2D eigenvalue weighted by Crippen LogP contribution is 2.31. The lowest BCUT2D eigenvalue weighted by atomic mass is 9.75. The molecule has 3 aromatic carbocycles. The van der Waals surface area contributed by atoms with Crippen molar-refractivity contribution >= 4 is 34.4 Å². The van der Waals surface area contributed by atoms with Crippen molar-refractivity contribution in [2.24, 2.45) is 7.05 Å². The Morgan fingerprint density at radius 1 is 0.783 bits per heavy atom. The Morgan fingerprint density at radius 3 is 2.30 bits per heavy atom. The zero-order valence-electron chi connectivity index (χ0n) is 12.8. The van der Waals surface area contributed by atoms with E-state index in [-0.39, 0.29) is 0 Å². The monoisotopic (exact) mass is 301 g/mol. The van der Waals surface area contributed by atoms with Crippen molar-refractivity contribution in [3.8, 4) is 11.1 Å². The van der Waals surface area contributed by atoms with Gasteiger partial charge in [-0.25, -0.2) is 0 Å². The summed E-state index contributed by atoms with van der Waals surface area (Å²) in [7, 11) is 0.588. The summed E-state index contributed by atoms with van der Waals surface area (Å²) >= 11 is 0. The van der Waals surface area contributed by atoms with Crippen molar-refractivity contribution < 1.29 is 10.0 Å². The van der Waals surface area contributed by atoms with E-state index in [1.807, 2.05) is 36.4 Å². The first-order valence-corrected chi connectivity index (χ1v) is 7.59. The maximum atomic E-state index is 9.61. The summed E-state index contributed by atoms with van der Waals surface area (Å²) in [6.07, 6.45) is 0. The van der Waals surface area contributed by atoms with Gasteiger partial charge in [0.15, 0.2) is 0 Å². The number of nitrogens with zero attached hydrogens (tertiary/aromatic N) is 1. The van der Waals surface area contributed by atoms with Crippen molar-refractivity contribution in [2.75, 3.05) is 0 Å². The molecule has 4 heteroatoms. The largest absolute Gasteiger partial charge is 0.489 e. The molecule has 112 valence electrons. The lowest BCUT2D eigenvalue weighted by Crippen LogP contribution is -2.31. The number of aromatic nitrogens is 1. The molecular weight excluding hydrogens is 285 g/mol. The minimum atomic E-state index is -1.48. The molecule has 2 N–H and O–H groups in total. The minimum Gasteiger partial charge on any atom is -0.423 e. The molecule has 1 heterocycles. The molecule has 0 radical (unpaired) electrons. The average molecular weight is 301 g/mol. The molecule has 0 amide bonds. The van der Waals surface area contributed by atoms with Crippen molar-refractivity contribution in [1.82, 2.24) is 4.57 Å². The van der Waals surface area contributed by atoms with E-state index >= 15 is 0 Å². The number of fused-ring (bicyclic) bond motifs is 3. The van der Waals surface area contributed by atoms with Gasteiger partial charge in [-0.05, 0) is 34.8 Å². The maximum Gasteiger partial charge on any atom is 0.489 e. The number of aryl methyl sites for hydroxylation is 1. The summed E-state index contributed by atoms with van der Waals surface area (Å²) in [6.45, 7) is 0. The third-order valence-corrected chi connectivity index (χ3v) is 4.46. The van der Waals surface area contributed by atoms with Crippen LogP contribution in [0.15, 0.2) is 66.7 Å². The Hall–Kier alpha value is -2.56. The lowest BCUT2D eigenvalue weighted by molar-refractivity contribution is 0.426. The predicted molar refractivity (Wildman–Crippen MR) is 95.7 cm³/mol. The molecular formula is C19H16BNO2. The van der Waals surface area contributed by atoms with Gasteiger partial charge in [0.05, 0.1) is 0 Å². The van der Waals surface area contributed by atoms with Gasteiger partial charge in [0.25, 0.3) is 0 Å². The Bertz CT molecular complexity index is 1020. The van der Waals surface area contributed by atoms with Crippen LogP contribution in [0.2, 0.25) is 0 Å². The number of rotatable bonds is 2. The van der Waals surface area contributed by atoms with Crippen LogP contribution in [-0.4, -0.2) is 21.7 Å². The van der Waals surface area contributed by atoms with Crippen LogP contribution in [0.4, 0.5) is 0 Å². The number of hydrogen-bond acceptors (Lipinski definition) is 2. The molecule has 0 aliphatic carbocycles. The second-order valence-corrected chi connectivity index (χ2v) is 5.77. The van der Waals surface area contributed by atoms with E-state index in [0.29, 0.717) is 5.46 Å². The molecule has 0 fully saturated rings. The van der Waals surface area contributed by atoms with Crippen molar-refractivity contribution in [3.05, 3.63) is 66.7 Å². The standard InChI is InChI=1S/C19H16BNO2/c1-21-18-9-5-3-7-15(18)16-12-13(10-11-19(16)21)14-6-2-4-8-17(14)20(22)23/h2-12,22-23H,1H3. The molecule has 0 bridgehead atoms. The van der Waals surface area contributed by atoms with E-state index in [4.69, 9.17) is 0 Å². The van der Waals surface area contributed by atoms with Gasteiger partial charge in [-0.1, -0.05) is 48.5 Å². The van der Waals surface area contributed by atoms with Crippen LogP contribution in [-0.2, 0) is 7.05 Å². The number of benzene rings is 3. The Morgan fingerprint density at radius 2 is 1.48 bits per heavy atom. The van der Waals surface area contributed by atoms with E-state index in [1.165, 1.54) is 16.3 Å². The quantitative estimate of drug-likeness (QED) is 0.559. The van der Waals surface area contributed by atoms with Crippen LogP contribution in [0, 0.1) is 0 Å². The van der Waals surface area contributed by atoms with Crippen LogP contribution in [0.5, 0.6) is 0 Å². The zero-order valence-corrected chi connectivity index (χ0v) is 12.8. The first-order valence-electron chi connectivity index (χ1n) is 7.59. The zero-order chi connectivity index (χ0) is 16.0. The van der Waals surface area contributed by atoms with Gasteiger partial charge in [-0.3, -0.25) is 0 Å². The first-order chi connectivity index (χ1) is 11.2. The fraction of sp³-hybridized carbons (Fsp3) is 0.0526. The second kappa shape index (κ2) is 5.27. The van der Waals surface area contributed by atoms with Crippen molar-refractivity contribution in [1.29, 1.82) is 0 Å². The minimum absolute atomic E-state index is 0.520. The predicted octanol–water partition coefficient (Wildman–Crippen LogP) is 2.68. The molecule has 1 aromatic heterocycles. The molecule has 3 nitrogen and oxygen atoms in total. The highest BCUT2D eigenvalue weighted by molar-refractivity contribution is 6.60. The van der Waals surface area contributed by atoms with E-state index in [0.717, 1.165) is 16.6 Å². The molecule has 0 unspecified atom stereocenters. The van der Waals surface area contributed by atoms with E-state index in [9.17, 15) is 10.0 Å². The summed E-state index contributed by atoms with van der Waals surface area (Å²) in [5.41, 5.74) is 4.70. The average Bonchev–Trinajstić information content (AvgIpc) is 2.88. The van der Waals surface area contributed by atoms with E-state index in [1.54, 1.807) is 6.07 Å². The van der Waals surface area contributed by atoms with E-state index in [2.05, 4.69) is 35.9 Å². The van der Waals surface area contributed by atoms with Crippen LogP contribution in [0.25, 0.3) is 32.9 Å². The summed E-state index contributed by atoms with van der Waals surface area (Å²) in [6, 6.07) is 21.9. The van der Waals surface area contributed by atoms with Gasteiger partial charge < -0.3 is 14.6 Å². The van der Waals surface area contributed by atoms with Gasteiger partial charge in [0.1, 0.15) is 0 Å². The third-order valence-electron chi connectivity index (χ3n) is 4.46. The Kier molecular flexibility index (Phi) is 3.22. The number of hydrogen-bond donors (Lipinski definition) is 2. The van der Waals surface area contributed by atoms with Gasteiger partial charge in [0, 0.05) is 28.9 Å². The molecule has 0 saturated carbocycles. The molecule has 0 atom stereocenters. The van der Waals surface area contributed by atoms with Gasteiger partial charge in [-0.15, -0.1) is 0 Å². The molecule has 0 spiro atoms. The fourth-order valence-corrected chi connectivity index (χ4v) is 3.32. The van der Waals surface area contributed by atoms with Gasteiger partial charge in [-0.2, -0.15) is 0 Å². The molecule has 4 aromatic rings. The summed E-state index contributed by atoms with van der Waals surface area (Å²) in [5, 5.41) is 21.6. The number of para-hydroxylation sites is 1. The summed E-state index contributed by atoms with van der Waals surface area (Å²) in [4.78, 5) is 0. The fourth-order valence-electron chi connectivity index (χ4n) is 3.32. The van der Waals surface area contributed by atoms with Crippen LogP contribution in [0.3, 0.4) is 0 Å². The Labute approximate surface area is 134 Å². The summed E-state index contributed by atoms with van der Waals surface area (Å²) in [5.74, 6) is 0. The molecule has 0 aliphatic heterocycles. The maximum absolute atomic E-state index is 9.61. The molecule has 0 saturated heterocycles. The van der Waals surface area contributed by atoms with E-state index < -0.39 is 7.12 Å². The second-order valence-electron chi connectivity index (χ2n) is 5.77. The van der Waals surface area contributed by atoms with Crippen LogP contribution < -0.4 is 5.46 Å². The van der Waals surface area contributed by atoms with Crippen molar-refractivity contribution in [2.45, 2.75) is 0 Å². The van der Waals surface area contributed by atoms with Gasteiger partial charge >= 0.3 is 7.12 Å². The third kappa shape index (κ3) is 2.15. The van der Waals surface area contributed by atoms with Crippen LogP contribution in [0.1, 0.15) is 0 Å². The SMILES string of the molecule is Cn1c2ccccc2c2cc(-c3ccccc3B(O)O)ccc21. The topological polar surface area (TPSA) is 45.4 Å². The molecule has 0 aliphatic rings. The summed E-state index contributed by atoms with van der Waals surface area (Å²) < 4.78 is 2.18. The first kappa shape index (κ1) is 14.1. The normalized spacial score (nSPS) is 11.3. The molecule has 23 heavy (non-hydrogen) atoms. The highest BCUT2D eigenvalue weighted by Gasteiger charge is 2.17. The highest BCUT2D eigenvalue weighted by atomic mass is 16.4. The smallest absolute Gasteiger partial charge is 0.423 e. The van der Waals surface area contributed by atoms with Crippen molar-refractivity contribution in [3.63, 3.8) is 0 Å².